The Kier molecular flexibility index (Phi) is 7.07. The topological polar surface area (TPSA) is 66.0 Å². The number of carbonyl (C=O) groups is 1. The number of amides is 1. The Labute approximate surface area is 159 Å². The molecule has 1 N–H and O–H groups in total. The van der Waals surface area contributed by atoms with Crippen LogP contribution in [0.25, 0.3) is 0 Å². The summed E-state index contributed by atoms with van der Waals surface area (Å²) in [6.07, 6.45) is 2.27. The standard InChI is InChI=1S/C21H25NO5/c1-24-12-13-26-18-9-7-16(8-10-18)21(23)22-17-4-2-5-19(14-17)27-15-20-6-3-11-25-20/h2,4-5,7-10,14,20H,3,6,11-13,15H2,1H3,(H,22,23)/t20-/m0/s1. The SMILES string of the molecule is COCCOc1ccc(C(=O)Nc2cccc(OC[C@@H]3CCCO3)c2)cc1. The molecule has 0 bridgehead atoms. The number of hydrogen-bond donors (Lipinski definition) is 1. The summed E-state index contributed by atoms with van der Waals surface area (Å²) in [7, 11) is 1.62. The summed E-state index contributed by atoms with van der Waals surface area (Å²) < 4.78 is 21.8. The van der Waals surface area contributed by atoms with E-state index >= 15 is 0 Å². The zero-order valence-electron chi connectivity index (χ0n) is 15.5. The number of nitrogens with one attached hydrogen (secondary N) is 1. The molecule has 1 amide bonds. The van der Waals surface area contributed by atoms with E-state index in [4.69, 9.17) is 18.9 Å². The minimum absolute atomic E-state index is 0.160. The van der Waals surface area contributed by atoms with E-state index in [1.54, 1.807) is 31.4 Å². The molecule has 1 aliphatic heterocycles. The third-order valence-electron chi connectivity index (χ3n) is 4.22. The molecule has 0 unspecified atom stereocenters. The monoisotopic (exact) mass is 371 g/mol. The van der Waals surface area contributed by atoms with Crippen LogP contribution in [0.3, 0.4) is 0 Å². The van der Waals surface area contributed by atoms with Crippen molar-refractivity contribution in [2.75, 3.05) is 38.9 Å². The van der Waals surface area contributed by atoms with Crippen LogP contribution in [0.5, 0.6) is 11.5 Å². The Balaban J connectivity index is 1.53. The van der Waals surface area contributed by atoms with E-state index in [0.717, 1.165) is 19.4 Å². The van der Waals surface area contributed by atoms with Gasteiger partial charge in [-0.3, -0.25) is 4.79 Å². The third-order valence-corrected chi connectivity index (χ3v) is 4.22. The average molecular weight is 371 g/mol. The minimum atomic E-state index is -0.185. The van der Waals surface area contributed by atoms with Gasteiger partial charge in [-0.05, 0) is 49.2 Å². The van der Waals surface area contributed by atoms with Crippen molar-refractivity contribution in [1.29, 1.82) is 0 Å². The smallest absolute Gasteiger partial charge is 0.255 e. The molecule has 2 aromatic carbocycles. The highest BCUT2D eigenvalue weighted by Gasteiger charge is 2.16. The number of rotatable bonds is 9. The van der Waals surface area contributed by atoms with E-state index in [1.165, 1.54) is 0 Å². The van der Waals surface area contributed by atoms with Gasteiger partial charge in [-0.1, -0.05) is 6.07 Å². The number of methoxy groups -OCH3 is 1. The molecule has 1 fully saturated rings. The lowest BCUT2D eigenvalue weighted by atomic mass is 10.2. The van der Waals surface area contributed by atoms with Gasteiger partial charge in [0.2, 0.25) is 0 Å². The summed E-state index contributed by atoms with van der Waals surface area (Å²) in [4.78, 5) is 12.4. The number of carbonyl (C=O) groups excluding carboxylic acids is 1. The molecule has 1 aliphatic rings. The van der Waals surface area contributed by atoms with Crippen molar-refractivity contribution in [2.45, 2.75) is 18.9 Å². The van der Waals surface area contributed by atoms with Gasteiger partial charge in [-0.25, -0.2) is 0 Å². The maximum Gasteiger partial charge on any atom is 0.255 e. The molecule has 0 radical (unpaired) electrons. The van der Waals surface area contributed by atoms with Gasteiger partial charge < -0.3 is 24.3 Å². The number of benzene rings is 2. The lowest BCUT2D eigenvalue weighted by Crippen LogP contribution is -2.16. The van der Waals surface area contributed by atoms with Gasteiger partial charge in [0.15, 0.2) is 0 Å². The quantitative estimate of drug-likeness (QED) is 0.683. The number of anilines is 1. The lowest BCUT2D eigenvalue weighted by molar-refractivity contribution is 0.0680. The third kappa shape index (κ3) is 5.98. The molecule has 1 heterocycles. The van der Waals surface area contributed by atoms with Gasteiger partial charge in [0.25, 0.3) is 5.91 Å². The fraction of sp³-hybridized carbons (Fsp3) is 0.381. The Morgan fingerprint density at radius 1 is 1.11 bits per heavy atom. The van der Waals surface area contributed by atoms with Gasteiger partial charge in [0.05, 0.1) is 12.7 Å². The van der Waals surface area contributed by atoms with Crippen LogP contribution in [0.2, 0.25) is 0 Å². The van der Waals surface area contributed by atoms with Crippen molar-refractivity contribution in [3.05, 3.63) is 54.1 Å². The fourth-order valence-corrected chi connectivity index (χ4v) is 2.78. The highest BCUT2D eigenvalue weighted by molar-refractivity contribution is 6.04. The van der Waals surface area contributed by atoms with Crippen molar-refractivity contribution in [3.63, 3.8) is 0 Å². The average Bonchev–Trinajstić information content (AvgIpc) is 3.21. The van der Waals surface area contributed by atoms with Crippen molar-refractivity contribution in [3.8, 4) is 11.5 Å². The Morgan fingerprint density at radius 3 is 2.70 bits per heavy atom. The Bertz CT molecular complexity index is 726. The molecular formula is C21H25NO5. The zero-order chi connectivity index (χ0) is 18.9. The summed E-state index contributed by atoms with van der Waals surface area (Å²) in [5.41, 5.74) is 1.24. The second-order valence-corrected chi connectivity index (χ2v) is 6.29. The lowest BCUT2D eigenvalue weighted by Gasteiger charge is -2.13. The largest absolute Gasteiger partial charge is 0.491 e. The van der Waals surface area contributed by atoms with E-state index < -0.39 is 0 Å². The van der Waals surface area contributed by atoms with E-state index in [9.17, 15) is 4.79 Å². The van der Waals surface area contributed by atoms with Gasteiger partial charge in [0.1, 0.15) is 24.7 Å². The summed E-state index contributed by atoms with van der Waals surface area (Å²) >= 11 is 0. The predicted molar refractivity (Wildman–Crippen MR) is 103 cm³/mol. The second kappa shape index (κ2) is 9.94. The van der Waals surface area contributed by atoms with Crippen LogP contribution in [0.4, 0.5) is 5.69 Å². The van der Waals surface area contributed by atoms with Crippen molar-refractivity contribution >= 4 is 11.6 Å². The van der Waals surface area contributed by atoms with E-state index in [2.05, 4.69) is 5.32 Å². The normalized spacial score (nSPS) is 16.1. The summed E-state index contributed by atoms with van der Waals surface area (Å²) in [5, 5.41) is 2.89. The maximum atomic E-state index is 12.4. The van der Waals surface area contributed by atoms with Crippen LogP contribution < -0.4 is 14.8 Å². The highest BCUT2D eigenvalue weighted by atomic mass is 16.5. The van der Waals surface area contributed by atoms with Gasteiger partial charge >= 0.3 is 0 Å². The molecule has 0 aliphatic carbocycles. The predicted octanol–water partition coefficient (Wildman–Crippen LogP) is 3.52. The Hall–Kier alpha value is -2.57. The van der Waals surface area contributed by atoms with E-state index in [-0.39, 0.29) is 12.0 Å². The molecule has 6 heteroatoms. The van der Waals surface area contributed by atoms with Crippen LogP contribution >= 0.6 is 0 Å². The maximum absolute atomic E-state index is 12.4. The zero-order valence-corrected chi connectivity index (χ0v) is 15.5. The van der Waals surface area contributed by atoms with E-state index in [0.29, 0.717) is 42.6 Å². The molecule has 0 spiro atoms. The second-order valence-electron chi connectivity index (χ2n) is 6.29. The number of ether oxygens (including phenoxy) is 4. The Morgan fingerprint density at radius 2 is 1.96 bits per heavy atom. The summed E-state index contributed by atoms with van der Waals surface area (Å²) in [5.74, 6) is 1.23. The number of hydrogen-bond acceptors (Lipinski definition) is 5. The molecular weight excluding hydrogens is 346 g/mol. The molecule has 0 aromatic heterocycles. The van der Waals surface area contributed by atoms with Crippen LogP contribution in [-0.4, -0.2) is 45.5 Å². The minimum Gasteiger partial charge on any atom is -0.491 e. The van der Waals surface area contributed by atoms with Crippen LogP contribution in [-0.2, 0) is 9.47 Å². The molecule has 2 aromatic rings. The molecule has 0 saturated carbocycles. The first-order valence-electron chi connectivity index (χ1n) is 9.12. The molecule has 6 nitrogen and oxygen atoms in total. The molecule has 144 valence electrons. The van der Waals surface area contributed by atoms with Crippen LogP contribution in [0, 0.1) is 0 Å². The highest BCUT2D eigenvalue weighted by Crippen LogP contribution is 2.21. The first kappa shape index (κ1) is 19.2. The fourth-order valence-electron chi connectivity index (χ4n) is 2.78. The molecule has 1 saturated heterocycles. The summed E-state index contributed by atoms with van der Waals surface area (Å²) in [6, 6.07) is 14.4. The first-order chi connectivity index (χ1) is 13.2. The summed E-state index contributed by atoms with van der Waals surface area (Å²) in [6.45, 7) is 2.33. The van der Waals surface area contributed by atoms with Crippen molar-refractivity contribution in [2.24, 2.45) is 0 Å². The molecule has 27 heavy (non-hydrogen) atoms. The van der Waals surface area contributed by atoms with E-state index in [1.807, 2.05) is 24.3 Å². The van der Waals surface area contributed by atoms with Gasteiger partial charge in [-0.2, -0.15) is 0 Å². The van der Waals surface area contributed by atoms with Gasteiger partial charge in [-0.15, -0.1) is 0 Å². The molecule has 1 atom stereocenters. The van der Waals surface area contributed by atoms with Crippen molar-refractivity contribution in [1.82, 2.24) is 0 Å². The first-order valence-corrected chi connectivity index (χ1v) is 9.12. The molecule has 3 rings (SSSR count). The van der Waals surface area contributed by atoms with Gasteiger partial charge in [0, 0.05) is 31.0 Å². The van der Waals surface area contributed by atoms with Crippen molar-refractivity contribution < 1.29 is 23.7 Å². The van der Waals surface area contributed by atoms with Crippen LogP contribution in [0.15, 0.2) is 48.5 Å². The van der Waals surface area contributed by atoms with Crippen LogP contribution in [0.1, 0.15) is 23.2 Å².